The lowest BCUT2D eigenvalue weighted by Crippen LogP contribution is -2.24. The summed E-state index contributed by atoms with van der Waals surface area (Å²) in [6.07, 6.45) is 9.65. The summed E-state index contributed by atoms with van der Waals surface area (Å²) in [7, 11) is 0. The summed E-state index contributed by atoms with van der Waals surface area (Å²) in [6.45, 7) is 3.91. The first kappa shape index (κ1) is 17.2. The van der Waals surface area contributed by atoms with Crippen molar-refractivity contribution in [3.05, 3.63) is 41.9 Å². The van der Waals surface area contributed by atoms with E-state index in [4.69, 9.17) is 20.4 Å². The molecule has 136 valence electrons. The predicted octanol–water partition coefficient (Wildman–Crippen LogP) is 3.69. The molecular formula is C21H26N4O. The summed E-state index contributed by atoms with van der Waals surface area (Å²) >= 11 is 0. The van der Waals surface area contributed by atoms with Gasteiger partial charge in [-0.15, -0.1) is 0 Å². The number of allylic oxidation sites excluding steroid dienone is 1. The smallest absolute Gasteiger partial charge is 0.0922 e. The van der Waals surface area contributed by atoms with E-state index >= 15 is 0 Å². The van der Waals surface area contributed by atoms with Gasteiger partial charge < -0.3 is 10.5 Å². The van der Waals surface area contributed by atoms with Gasteiger partial charge in [0.15, 0.2) is 0 Å². The summed E-state index contributed by atoms with van der Waals surface area (Å²) in [5, 5.41) is 0. The van der Waals surface area contributed by atoms with Crippen molar-refractivity contribution in [1.82, 2.24) is 9.97 Å². The van der Waals surface area contributed by atoms with Gasteiger partial charge in [0.05, 0.1) is 29.0 Å². The molecule has 0 amide bonds. The van der Waals surface area contributed by atoms with Gasteiger partial charge in [0, 0.05) is 31.2 Å². The predicted molar refractivity (Wildman–Crippen MR) is 105 cm³/mol. The van der Waals surface area contributed by atoms with E-state index in [0.717, 1.165) is 67.1 Å². The van der Waals surface area contributed by atoms with E-state index in [9.17, 15) is 0 Å². The SMILES string of the molecule is CC1CC(N=CC(=CN)c2cnc3c(C4CCOCC4)cccc3n2)C1. The number of hydrogen-bond acceptors (Lipinski definition) is 5. The maximum Gasteiger partial charge on any atom is 0.0922 e. The Morgan fingerprint density at radius 2 is 2.08 bits per heavy atom. The molecule has 2 aromatic rings. The average Bonchev–Trinajstić information content (AvgIpc) is 2.67. The van der Waals surface area contributed by atoms with Gasteiger partial charge in [-0.3, -0.25) is 9.98 Å². The molecule has 2 aliphatic rings. The minimum atomic E-state index is 0.425. The maximum absolute atomic E-state index is 5.83. The van der Waals surface area contributed by atoms with Crippen molar-refractivity contribution in [2.75, 3.05) is 13.2 Å². The molecule has 2 fully saturated rings. The quantitative estimate of drug-likeness (QED) is 0.854. The molecule has 2 N–H and O–H groups in total. The molecule has 0 unspecified atom stereocenters. The minimum absolute atomic E-state index is 0.425. The number of nitrogens with zero attached hydrogens (tertiary/aromatic N) is 3. The van der Waals surface area contributed by atoms with Crippen LogP contribution in [0.25, 0.3) is 16.6 Å². The number of aliphatic imine (C=N–C) groups is 1. The van der Waals surface area contributed by atoms with E-state index in [1.54, 1.807) is 6.20 Å². The molecule has 2 heterocycles. The fourth-order valence-electron chi connectivity index (χ4n) is 3.90. The number of rotatable bonds is 4. The van der Waals surface area contributed by atoms with Crippen LogP contribution < -0.4 is 5.73 Å². The Hall–Kier alpha value is -2.27. The fourth-order valence-corrected chi connectivity index (χ4v) is 3.90. The highest BCUT2D eigenvalue weighted by molar-refractivity contribution is 6.09. The number of hydrogen-bond donors (Lipinski definition) is 1. The number of nitrogens with two attached hydrogens (primary N) is 1. The van der Waals surface area contributed by atoms with Gasteiger partial charge in [0.25, 0.3) is 0 Å². The monoisotopic (exact) mass is 350 g/mol. The van der Waals surface area contributed by atoms with E-state index in [0.29, 0.717) is 12.0 Å². The molecule has 1 saturated heterocycles. The zero-order chi connectivity index (χ0) is 17.9. The lowest BCUT2D eigenvalue weighted by molar-refractivity contribution is 0.0856. The molecule has 0 atom stereocenters. The Morgan fingerprint density at radius 1 is 1.27 bits per heavy atom. The summed E-state index contributed by atoms with van der Waals surface area (Å²) < 4.78 is 5.49. The van der Waals surface area contributed by atoms with Crippen LogP contribution in [0.2, 0.25) is 0 Å². The lowest BCUT2D eigenvalue weighted by Gasteiger charge is -2.29. The van der Waals surface area contributed by atoms with Crippen LogP contribution in [0.15, 0.2) is 35.6 Å². The van der Waals surface area contributed by atoms with E-state index in [1.165, 1.54) is 5.56 Å². The molecule has 0 spiro atoms. The van der Waals surface area contributed by atoms with Crippen molar-refractivity contribution in [1.29, 1.82) is 0 Å². The van der Waals surface area contributed by atoms with Gasteiger partial charge in [-0.2, -0.15) is 0 Å². The van der Waals surface area contributed by atoms with Gasteiger partial charge in [-0.05, 0) is 49.1 Å². The highest BCUT2D eigenvalue weighted by Crippen LogP contribution is 2.32. The van der Waals surface area contributed by atoms with Gasteiger partial charge >= 0.3 is 0 Å². The van der Waals surface area contributed by atoms with Crippen molar-refractivity contribution in [2.45, 2.75) is 44.6 Å². The fraction of sp³-hybridized carbons (Fsp3) is 0.476. The van der Waals surface area contributed by atoms with E-state index in [-0.39, 0.29) is 0 Å². The molecule has 0 radical (unpaired) electrons. The minimum Gasteiger partial charge on any atom is -0.404 e. The van der Waals surface area contributed by atoms with E-state index < -0.39 is 0 Å². The van der Waals surface area contributed by atoms with Crippen LogP contribution in [-0.4, -0.2) is 35.4 Å². The van der Waals surface area contributed by atoms with Crippen LogP contribution in [0.4, 0.5) is 0 Å². The van der Waals surface area contributed by atoms with Gasteiger partial charge in [-0.1, -0.05) is 19.1 Å². The molecule has 0 bridgehead atoms. The first-order valence-corrected chi connectivity index (χ1v) is 9.53. The second kappa shape index (κ2) is 7.54. The summed E-state index contributed by atoms with van der Waals surface area (Å²) in [4.78, 5) is 14.2. The molecule has 5 heteroatoms. The van der Waals surface area contributed by atoms with Crippen molar-refractivity contribution in [3.8, 4) is 0 Å². The average molecular weight is 350 g/mol. The number of benzene rings is 1. The van der Waals surface area contributed by atoms with Crippen LogP contribution in [0.1, 0.15) is 49.8 Å². The maximum atomic E-state index is 5.83. The highest BCUT2D eigenvalue weighted by atomic mass is 16.5. The molecule has 4 rings (SSSR count). The van der Waals surface area contributed by atoms with Gasteiger partial charge in [-0.25, -0.2) is 4.98 Å². The molecule has 1 aliphatic heterocycles. The first-order valence-electron chi connectivity index (χ1n) is 9.53. The number of fused-ring (bicyclic) bond motifs is 1. The second-order valence-corrected chi connectivity index (χ2v) is 7.49. The molecular weight excluding hydrogens is 324 g/mol. The number of ether oxygens (including phenoxy) is 1. The zero-order valence-corrected chi connectivity index (χ0v) is 15.3. The molecule has 1 aliphatic carbocycles. The standard InChI is InChI=1S/C21H26N4O/c1-14-9-17(10-14)23-12-16(11-22)20-13-24-21-18(3-2-4-19(21)25-20)15-5-7-26-8-6-15/h2-4,11-15,17H,5-10,22H2,1H3. The van der Waals surface area contributed by atoms with Crippen LogP contribution >= 0.6 is 0 Å². The number of para-hydroxylation sites is 1. The molecule has 1 aromatic heterocycles. The van der Waals surface area contributed by atoms with Crippen LogP contribution in [0.5, 0.6) is 0 Å². The molecule has 1 saturated carbocycles. The Morgan fingerprint density at radius 3 is 2.81 bits per heavy atom. The van der Waals surface area contributed by atoms with Gasteiger partial charge in [0.2, 0.25) is 0 Å². The second-order valence-electron chi connectivity index (χ2n) is 7.49. The Bertz CT molecular complexity index is 833. The van der Waals surface area contributed by atoms with Crippen molar-refractivity contribution < 1.29 is 4.74 Å². The summed E-state index contributed by atoms with van der Waals surface area (Å²) in [6, 6.07) is 6.69. The molecule has 1 aromatic carbocycles. The molecule has 26 heavy (non-hydrogen) atoms. The summed E-state index contributed by atoms with van der Waals surface area (Å²) in [5.74, 6) is 1.28. The lowest BCUT2D eigenvalue weighted by atomic mass is 9.82. The summed E-state index contributed by atoms with van der Waals surface area (Å²) in [5.41, 5.74) is 10.6. The largest absolute Gasteiger partial charge is 0.404 e. The van der Waals surface area contributed by atoms with E-state index in [1.807, 2.05) is 18.5 Å². The molecule has 5 nitrogen and oxygen atoms in total. The Labute approximate surface area is 154 Å². The van der Waals surface area contributed by atoms with Crippen molar-refractivity contribution in [2.24, 2.45) is 16.6 Å². The normalized spacial score (nSPS) is 24.9. The van der Waals surface area contributed by atoms with Crippen LogP contribution in [0.3, 0.4) is 0 Å². The van der Waals surface area contributed by atoms with Crippen molar-refractivity contribution in [3.63, 3.8) is 0 Å². The van der Waals surface area contributed by atoms with Crippen LogP contribution in [0, 0.1) is 5.92 Å². The van der Waals surface area contributed by atoms with Crippen molar-refractivity contribution >= 4 is 22.8 Å². The third-order valence-electron chi connectivity index (χ3n) is 5.51. The Kier molecular flexibility index (Phi) is 4.98. The van der Waals surface area contributed by atoms with Gasteiger partial charge in [0.1, 0.15) is 0 Å². The third-order valence-corrected chi connectivity index (χ3v) is 5.51. The van der Waals surface area contributed by atoms with E-state index in [2.05, 4.69) is 24.0 Å². The first-order chi connectivity index (χ1) is 12.7. The third kappa shape index (κ3) is 3.49. The highest BCUT2D eigenvalue weighted by Gasteiger charge is 2.24. The van der Waals surface area contributed by atoms with Crippen LogP contribution in [-0.2, 0) is 4.74 Å². The Balaban J connectivity index is 1.60. The number of aromatic nitrogens is 2. The topological polar surface area (TPSA) is 73.4 Å². The zero-order valence-electron chi connectivity index (χ0n) is 15.3.